The van der Waals surface area contributed by atoms with Crippen LogP contribution in [0.15, 0.2) is 6.20 Å². The molecule has 1 aliphatic carbocycles. The molecule has 5 nitrogen and oxygen atoms in total. The number of aromatic nitrogens is 3. The van der Waals surface area contributed by atoms with Crippen molar-refractivity contribution in [1.29, 1.82) is 0 Å². The molecule has 0 saturated heterocycles. The summed E-state index contributed by atoms with van der Waals surface area (Å²) in [5.74, 6) is -0.689. The van der Waals surface area contributed by atoms with Crippen molar-refractivity contribution in [3.63, 3.8) is 0 Å². The first-order chi connectivity index (χ1) is 7.12. The van der Waals surface area contributed by atoms with Crippen molar-refractivity contribution in [3.05, 3.63) is 11.9 Å². The van der Waals surface area contributed by atoms with Gasteiger partial charge in [-0.05, 0) is 12.8 Å². The van der Waals surface area contributed by atoms with E-state index in [0.29, 0.717) is 6.42 Å². The van der Waals surface area contributed by atoms with Gasteiger partial charge in [-0.3, -0.25) is 9.48 Å². The average Bonchev–Trinajstić information content (AvgIpc) is 2.77. The van der Waals surface area contributed by atoms with Gasteiger partial charge in [0.1, 0.15) is 0 Å². The van der Waals surface area contributed by atoms with Crippen molar-refractivity contribution < 1.29 is 9.90 Å². The van der Waals surface area contributed by atoms with Gasteiger partial charge in [-0.15, -0.1) is 5.10 Å². The van der Waals surface area contributed by atoms with Gasteiger partial charge < -0.3 is 5.11 Å². The minimum atomic E-state index is -0.689. The van der Waals surface area contributed by atoms with E-state index < -0.39 is 11.4 Å². The summed E-state index contributed by atoms with van der Waals surface area (Å²) < 4.78 is 1.61. The molecule has 1 saturated carbocycles. The Labute approximate surface area is 88.1 Å². The molecule has 82 valence electrons. The van der Waals surface area contributed by atoms with Gasteiger partial charge in [-0.25, -0.2) is 0 Å². The van der Waals surface area contributed by atoms with E-state index in [1.807, 2.05) is 0 Å². The lowest BCUT2D eigenvalue weighted by Crippen LogP contribution is -2.30. The van der Waals surface area contributed by atoms with E-state index >= 15 is 0 Å². The Kier molecular flexibility index (Phi) is 2.46. The highest BCUT2D eigenvalue weighted by Gasteiger charge is 2.41. The smallest absolute Gasteiger partial charge is 0.310 e. The Hall–Kier alpha value is -1.39. The highest BCUT2D eigenvalue weighted by Crippen LogP contribution is 2.40. The van der Waals surface area contributed by atoms with Crippen molar-refractivity contribution >= 4 is 5.97 Å². The Bertz CT molecular complexity index is 366. The first kappa shape index (κ1) is 10.1. The normalized spacial score (nSPS) is 19.3. The number of aliphatic carboxylic acids is 1. The molecule has 1 aromatic rings. The zero-order valence-corrected chi connectivity index (χ0v) is 8.81. The van der Waals surface area contributed by atoms with E-state index in [2.05, 4.69) is 10.3 Å². The van der Waals surface area contributed by atoms with E-state index in [1.165, 1.54) is 0 Å². The fourth-order valence-corrected chi connectivity index (χ4v) is 2.34. The van der Waals surface area contributed by atoms with E-state index in [1.54, 1.807) is 17.9 Å². The third-order valence-electron chi connectivity index (χ3n) is 3.18. The van der Waals surface area contributed by atoms with Gasteiger partial charge in [0.2, 0.25) is 0 Å². The second kappa shape index (κ2) is 3.64. The number of carboxylic acids is 1. The fourth-order valence-electron chi connectivity index (χ4n) is 2.34. The molecule has 0 radical (unpaired) electrons. The highest BCUT2D eigenvalue weighted by atomic mass is 16.4. The molecule has 0 bridgehead atoms. The average molecular weight is 209 g/mol. The lowest BCUT2D eigenvalue weighted by molar-refractivity contribution is -0.148. The van der Waals surface area contributed by atoms with Crippen LogP contribution >= 0.6 is 0 Å². The summed E-state index contributed by atoms with van der Waals surface area (Å²) >= 11 is 0. The number of nitrogens with zero attached hydrogens (tertiary/aromatic N) is 3. The maximum Gasteiger partial charge on any atom is 0.310 e. The largest absolute Gasteiger partial charge is 0.481 e. The Morgan fingerprint density at radius 2 is 2.27 bits per heavy atom. The van der Waals surface area contributed by atoms with Crippen LogP contribution in [-0.2, 0) is 18.3 Å². The molecular formula is C10H15N3O2. The van der Waals surface area contributed by atoms with Crippen molar-refractivity contribution in [2.45, 2.75) is 32.1 Å². The molecular weight excluding hydrogens is 194 g/mol. The molecule has 1 heterocycles. The molecule has 0 amide bonds. The van der Waals surface area contributed by atoms with E-state index in [4.69, 9.17) is 0 Å². The molecule has 0 spiro atoms. The zero-order valence-electron chi connectivity index (χ0n) is 8.81. The summed E-state index contributed by atoms with van der Waals surface area (Å²) in [6.07, 6.45) is 5.84. The van der Waals surface area contributed by atoms with Gasteiger partial charge in [-0.1, -0.05) is 18.1 Å². The minimum absolute atomic E-state index is 0.510. The lowest BCUT2D eigenvalue weighted by atomic mass is 9.82. The lowest BCUT2D eigenvalue weighted by Gasteiger charge is -2.21. The maximum absolute atomic E-state index is 11.3. The molecule has 0 aromatic carbocycles. The van der Waals surface area contributed by atoms with E-state index in [0.717, 1.165) is 31.4 Å². The first-order valence-electron chi connectivity index (χ1n) is 5.21. The summed E-state index contributed by atoms with van der Waals surface area (Å²) in [4.78, 5) is 11.3. The third kappa shape index (κ3) is 1.86. The van der Waals surface area contributed by atoms with Crippen molar-refractivity contribution in [3.8, 4) is 0 Å². The summed E-state index contributed by atoms with van der Waals surface area (Å²) in [5, 5.41) is 17.1. The molecule has 0 aliphatic heterocycles. The minimum Gasteiger partial charge on any atom is -0.481 e. The first-order valence-corrected chi connectivity index (χ1v) is 5.21. The second-order valence-corrected chi connectivity index (χ2v) is 4.35. The van der Waals surface area contributed by atoms with Crippen LogP contribution in [0.1, 0.15) is 31.4 Å². The molecule has 1 aliphatic rings. The Morgan fingerprint density at radius 1 is 1.60 bits per heavy atom. The molecule has 0 unspecified atom stereocenters. The maximum atomic E-state index is 11.3. The van der Waals surface area contributed by atoms with Crippen LogP contribution in [0, 0.1) is 5.41 Å². The van der Waals surface area contributed by atoms with Crippen molar-refractivity contribution in [2.24, 2.45) is 12.5 Å². The SMILES string of the molecule is Cn1cc(CC2(C(=O)O)CCCC2)nn1. The quantitative estimate of drug-likeness (QED) is 0.806. The van der Waals surface area contributed by atoms with Crippen molar-refractivity contribution in [2.75, 3.05) is 0 Å². The zero-order chi connectivity index (χ0) is 10.9. The van der Waals surface area contributed by atoms with Gasteiger partial charge in [0.15, 0.2) is 0 Å². The van der Waals surface area contributed by atoms with Gasteiger partial charge in [-0.2, -0.15) is 0 Å². The van der Waals surface area contributed by atoms with Crippen LogP contribution in [-0.4, -0.2) is 26.1 Å². The molecule has 1 N–H and O–H groups in total. The van der Waals surface area contributed by atoms with Crippen LogP contribution < -0.4 is 0 Å². The van der Waals surface area contributed by atoms with E-state index in [-0.39, 0.29) is 0 Å². The van der Waals surface area contributed by atoms with Gasteiger partial charge in [0.25, 0.3) is 0 Å². The number of hydrogen-bond donors (Lipinski definition) is 1. The number of aryl methyl sites for hydroxylation is 1. The van der Waals surface area contributed by atoms with Crippen molar-refractivity contribution in [1.82, 2.24) is 15.0 Å². The standard InChI is InChI=1S/C10H15N3O2/c1-13-7-8(11-12-13)6-10(9(14)15)4-2-3-5-10/h7H,2-6H2,1H3,(H,14,15). The fraction of sp³-hybridized carbons (Fsp3) is 0.700. The summed E-state index contributed by atoms with van der Waals surface area (Å²) in [5.41, 5.74) is 0.192. The Balaban J connectivity index is 2.17. The number of carboxylic acid groups (broad SMARTS) is 1. The van der Waals surface area contributed by atoms with Crippen LogP contribution in [0.4, 0.5) is 0 Å². The predicted molar refractivity (Wildman–Crippen MR) is 53.2 cm³/mol. The molecule has 15 heavy (non-hydrogen) atoms. The van der Waals surface area contributed by atoms with Gasteiger partial charge in [0, 0.05) is 19.7 Å². The van der Waals surface area contributed by atoms with Crippen LogP contribution in [0.2, 0.25) is 0 Å². The summed E-state index contributed by atoms with van der Waals surface area (Å²) in [6, 6.07) is 0. The topological polar surface area (TPSA) is 68.0 Å². The highest BCUT2D eigenvalue weighted by molar-refractivity contribution is 5.75. The van der Waals surface area contributed by atoms with Crippen LogP contribution in [0.5, 0.6) is 0 Å². The van der Waals surface area contributed by atoms with Gasteiger partial charge >= 0.3 is 5.97 Å². The molecule has 2 rings (SSSR count). The van der Waals surface area contributed by atoms with E-state index in [9.17, 15) is 9.90 Å². The number of rotatable bonds is 3. The van der Waals surface area contributed by atoms with Crippen LogP contribution in [0.3, 0.4) is 0 Å². The number of carbonyl (C=O) groups is 1. The number of hydrogen-bond acceptors (Lipinski definition) is 3. The van der Waals surface area contributed by atoms with Gasteiger partial charge in [0.05, 0.1) is 11.1 Å². The Morgan fingerprint density at radius 3 is 2.73 bits per heavy atom. The third-order valence-corrected chi connectivity index (χ3v) is 3.18. The monoisotopic (exact) mass is 209 g/mol. The summed E-state index contributed by atoms with van der Waals surface area (Å²) in [6.45, 7) is 0. The molecule has 1 aromatic heterocycles. The predicted octanol–water partition coefficient (Wildman–Crippen LogP) is 1.00. The van der Waals surface area contributed by atoms with Crippen LogP contribution in [0.25, 0.3) is 0 Å². The molecule has 5 heteroatoms. The second-order valence-electron chi connectivity index (χ2n) is 4.35. The molecule has 0 atom stereocenters. The molecule has 1 fully saturated rings. The summed E-state index contributed by atoms with van der Waals surface area (Å²) in [7, 11) is 1.79.